The maximum atomic E-state index is 13.6. The lowest BCUT2D eigenvalue weighted by molar-refractivity contribution is -0.917. The largest absolute Gasteiger partial charge is 0.475 e. The van der Waals surface area contributed by atoms with Crippen molar-refractivity contribution in [1.29, 1.82) is 0 Å². The number of carboxylic acid groups (broad SMARTS) is 1. The van der Waals surface area contributed by atoms with Crippen molar-refractivity contribution >= 4 is 11.9 Å². The molecule has 0 bridgehead atoms. The summed E-state index contributed by atoms with van der Waals surface area (Å²) < 4.78 is 0.186. The first-order valence-electron chi connectivity index (χ1n) is 17.0. The summed E-state index contributed by atoms with van der Waals surface area (Å²) in [5, 5.41) is 13.3. The van der Waals surface area contributed by atoms with E-state index in [-0.39, 0.29) is 16.3 Å². The molecule has 0 saturated carbocycles. The van der Waals surface area contributed by atoms with Crippen LogP contribution in [-0.4, -0.2) is 48.3 Å². The maximum absolute atomic E-state index is 13.6. The van der Waals surface area contributed by atoms with Gasteiger partial charge in [-0.25, -0.2) is 4.79 Å². The second-order valence-corrected chi connectivity index (χ2v) is 13.1. The molecule has 232 valence electrons. The second kappa shape index (κ2) is 23.6. The summed E-state index contributed by atoms with van der Waals surface area (Å²) in [5.74, 6) is -1.07. The van der Waals surface area contributed by atoms with Gasteiger partial charge in [0.15, 0.2) is 0 Å². The van der Waals surface area contributed by atoms with Crippen LogP contribution in [0.5, 0.6) is 0 Å². The number of carboxylic acids is 1. The molecular formula is C34H69N2O3+. The third-order valence-corrected chi connectivity index (χ3v) is 8.62. The smallest absolute Gasteiger partial charge is 0.388 e. The van der Waals surface area contributed by atoms with E-state index in [1.807, 2.05) is 28.1 Å². The number of nitrogens with one attached hydrogen (secondary N) is 1. The van der Waals surface area contributed by atoms with E-state index in [2.05, 4.69) is 19.2 Å². The average molecular weight is 554 g/mol. The molecule has 0 aromatic rings. The van der Waals surface area contributed by atoms with Gasteiger partial charge in [0.25, 0.3) is 5.66 Å². The Labute approximate surface area is 243 Å². The van der Waals surface area contributed by atoms with E-state index in [4.69, 9.17) is 0 Å². The summed E-state index contributed by atoms with van der Waals surface area (Å²) in [5.41, 5.74) is -1.28. The molecule has 0 saturated heterocycles. The Hall–Kier alpha value is -1.10. The van der Waals surface area contributed by atoms with Gasteiger partial charge in [0.2, 0.25) is 5.91 Å². The van der Waals surface area contributed by atoms with Crippen molar-refractivity contribution in [3.8, 4) is 0 Å². The van der Waals surface area contributed by atoms with Crippen LogP contribution in [0.4, 0.5) is 0 Å². The minimum atomic E-state index is -1.28. The summed E-state index contributed by atoms with van der Waals surface area (Å²) in [6.45, 7) is 6.51. The van der Waals surface area contributed by atoms with Crippen molar-refractivity contribution in [2.24, 2.45) is 5.92 Å². The van der Waals surface area contributed by atoms with Crippen molar-refractivity contribution in [3.05, 3.63) is 0 Å². The minimum absolute atomic E-state index is 0.0502. The zero-order valence-corrected chi connectivity index (χ0v) is 27.3. The molecule has 0 aromatic heterocycles. The molecule has 0 radical (unpaired) electrons. The van der Waals surface area contributed by atoms with Crippen molar-refractivity contribution in [2.75, 3.05) is 21.1 Å². The number of hydrogen-bond donors (Lipinski definition) is 2. The topological polar surface area (TPSA) is 66.4 Å². The van der Waals surface area contributed by atoms with Gasteiger partial charge in [-0.3, -0.25) is 14.6 Å². The molecule has 5 heteroatoms. The fraction of sp³-hybridized carbons (Fsp3) is 0.941. The first kappa shape index (κ1) is 37.9. The first-order chi connectivity index (χ1) is 18.7. The van der Waals surface area contributed by atoms with Crippen molar-refractivity contribution < 1.29 is 19.2 Å². The van der Waals surface area contributed by atoms with Crippen LogP contribution in [-0.2, 0) is 9.59 Å². The number of nitrogens with zero attached hydrogens (tertiary/aromatic N) is 1. The van der Waals surface area contributed by atoms with Gasteiger partial charge in [-0.1, -0.05) is 149 Å². The SMILES string of the molecule is CCCCCCCCCCCCC(CCCCCCCCCCCC)C(=O)NC(CCC)(C(=O)O)[N+](C)(C)C. The zero-order chi connectivity index (χ0) is 29.4. The lowest BCUT2D eigenvalue weighted by atomic mass is 9.91. The van der Waals surface area contributed by atoms with Crippen LogP contribution < -0.4 is 5.32 Å². The van der Waals surface area contributed by atoms with Crippen molar-refractivity contribution in [1.82, 2.24) is 5.32 Å². The standard InChI is InChI=1S/C34H68N2O3/c1-7-10-12-14-16-18-20-22-24-26-28-31(29-27-25-23-21-19-17-15-13-11-8-2)32(37)35-34(30-9-3,33(38)39)36(4,5)6/h31H,7-30H2,1-6H3,(H-,35,37,38,39)/p+1. The van der Waals surface area contributed by atoms with E-state index < -0.39 is 11.6 Å². The van der Waals surface area contributed by atoms with Gasteiger partial charge in [0.1, 0.15) is 0 Å². The molecule has 2 N–H and O–H groups in total. The summed E-state index contributed by atoms with van der Waals surface area (Å²) in [7, 11) is 5.64. The number of amides is 1. The number of quaternary nitrogens is 1. The highest BCUT2D eigenvalue weighted by atomic mass is 16.4. The number of likely N-dealkylation sites (N-methyl/N-ethyl adjacent to an activating group) is 1. The average Bonchev–Trinajstić information content (AvgIpc) is 2.88. The van der Waals surface area contributed by atoms with Crippen LogP contribution in [0.2, 0.25) is 0 Å². The summed E-state index contributed by atoms with van der Waals surface area (Å²) in [6.07, 6.45) is 28.6. The van der Waals surface area contributed by atoms with Gasteiger partial charge < -0.3 is 5.11 Å². The molecule has 0 aliphatic heterocycles. The van der Waals surface area contributed by atoms with Crippen LogP contribution in [0.25, 0.3) is 0 Å². The minimum Gasteiger partial charge on any atom is -0.475 e. The Morgan fingerprint density at radius 2 is 0.923 bits per heavy atom. The van der Waals surface area contributed by atoms with Gasteiger partial charge >= 0.3 is 5.97 Å². The Balaban J connectivity index is 4.80. The van der Waals surface area contributed by atoms with Gasteiger partial charge in [0.05, 0.1) is 21.1 Å². The number of hydrogen-bond acceptors (Lipinski definition) is 2. The summed E-state index contributed by atoms with van der Waals surface area (Å²) in [4.78, 5) is 26.1. The molecule has 1 unspecified atom stereocenters. The molecule has 0 aliphatic carbocycles. The van der Waals surface area contributed by atoms with Crippen LogP contribution in [0.3, 0.4) is 0 Å². The van der Waals surface area contributed by atoms with Crippen LogP contribution >= 0.6 is 0 Å². The fourth-order valence-electron chi connectivity index (χ4n) is 5.84. The Kier molecular flexibility index (Phi) is 22.9. The van der Waals surface area contributed by atoms with Gasteiger partial charge in [-0.2, -0.15) is 0 Å². The lowest BCUT2D eigenvalue weighted by Crippen LogP contribution is -2.71. The zero-order valence-electron chi connectivity index (χ0n) is 27.3. The third-order valence-electron chi connectivity index (χ3n) is 8.62. The monoisotopic (exact) mass is 554 g/mol. The molecule has 0 aromatic carbocycles. The molecule has 39 heavy (non-hydrogen) atoms. The highest BCUT2D eigenvalue weighted by Gasteiger charge is 2.51. The Morgan fingerprint density at radius 1 is 0.590 bits per heavy atom. The van der Waals surface area contributed by atoms with E-state index in [1.165, 1.54) is 116 Å². The van der Waals surface area contributed by atoms with Crippen LogP contribution in [0, 0.1) is 5.92 Å². The molecule has 1 amide bonds. The lowest BCUT2D eigenvalue weighted by Gasteiger charge is -2.43. The number of carbonyl (C=O) groups excluding carboxylic acids is 1. The predicted molar refractivity (Wildman–Crippen MR) is 168 cm³/mol. The quantitative estimate of drug-likeness (QED) is 0.0576. The van der Waals surface area contributed by atoms with Gasteiger partial charge in [0, 0.05) is 12.3 Å². The number of rotatable bonds is 28. The first-order valence-corrected chi connectivity index (χ1v) is 17.0. The van der Waals surface area contributed by atoms with Crippen LogP contribution in [0.15, 0.2) is 0 Å². The van der Waals surface area contributed by atoms with Gasteiger partial charge in [-0.15, -0.1) is 0 Å². The predicted octanol–water partition coefficient (Wildman–Crippen LogP) is 9.63. The molecule has 0 fully saturated rings. The molecule has 0 rings (SSSR count). The summed E-state index contributed by atoms with van der Waals surface area (Å²) >= 11 is 0. The van der Waals surface area contributed by atoms with Gasteiger partial charge in [-0.05, 0) is 19.3 Å². The fourth-order valence-corrected chi connectivity index (χ4v) is 5.84. The summed E-state index contributed by atoms with van der Waals surface area (Å²) in [6, 6.07) is 0. The Bertz CT molecular complexity index is 578. The van der Waals surface area contributed by atoms with Crippen molar-refractivity contribution in [3.63, 3.8) is 0 Å². The molecule has 5 nitrogen and oxygen atoms in total. The van der Waals surface area contributed by atoms with E-state index in [0.717, 1.165) is 25.7 Å². The number of aliphatic carboxylic acids is 1. The molecule has 0 aliphatic rings. The maximum Gasteiger partial charge on any atom is 0.388 e. The molecule has 0 spiro atoms. The van der Waals surface area contributed by atoms with E-state index in [9.17, 15) is 14.7 Å². The Morgan fingerprint density at radius 3 is 1.21 bits per heavy atom. The molecule has 1 atom stereocenters. The van der Waals surface area contributed by atoms with E-state index >= 15 is 0 Å². The van der Waals surface area contributed by atoms with E-state index in [0.29, 0.717) is 12.8 Å². The van der Waals surface area contributed by atoms with E-state index in [1.54, 1.807) is 0 Å². The highest BCUT2D eigenvalue weighted by Crippen LogP contribution is 2.26. The van der Waals surface area contributed by atoms with Crippen LogP contribution in [0.1, 0.15) is 175 Å². The number of carbonyl (C=O) groups is 2. The highest BCUT2D eigenvalue weighted by molar-refractivity contribution is 5.86. The normalized spacial score (nSPS) is 13.5. The number of unbranched alkanes of at least 4 members (excludes halogenated alkanes) is 18. The molecule has 0 heterocycles. The third kappa shape index (κ3) is 17.3. The van der Waals surface area contributed by atoms with Crippen molar-refractivity contribution in [2.45, 2.75) is 181 Å². The second-order valence-electron chi connectivity index (χ2n) is 13.1. The molecular weight excluding hydrogens is 484 g/mol.